The molecule has 0 unspecified atom stereocenters. The smallest absolute Gasteiger partial charge is 0.236 e. The first-order valence-corrected chi connectivity index (χ1v) is 6.99. The Morgan fingerprint density at radius 1 is 1.21 bits per heavy atom. The summed E-state index contributed by atoms with van der Waals surface area (Å²) in [5.41, 5.74) is 1.26. The molecule has 106 valence electrons. The van der Waals surface area contributed by atoms with Crippen molar-refractivity contribution < 1.29 is 4.79 Å². The van der Waals surface area contributed by atoms with Crippen molar-refractivity contribution in [1.82, 2.24) is 10.2 Å². The lowest BCUT2D eigenvalue weighted by molar-refractivity contribution is -0.130. The third kappa shape index (κ3) is 6.39. The topological polar surface area (TPSA) is 32.3 Å². The van der Waals surface area contributed by atoms with E-state index in [2.05, 4.69) is 38.2 Å². The molecule has 0 bridgehead atoms. The first-order valence-electron chi connectivity index (χ1n) is 6.99. The van der Waals surface area contributed by atoms with E-state index in [1.807, 2.05) is 30.0 Å². The number of amides is 1. The minimum absolute atomic E-state index is 0.0193. The van der Waals surface area contributed by atoms with Crippen molar-refractivity contribution >= 4 is 5.91 Å². The van der Waals surface area contributed by atoms with Gasteiger partial charge in [-0.3, -0.25) is 4.79 Å². The van der Waals surface area contributed by atoms with E-state index < -0.39 is 0 Å². The first-order chi connectivity index (χ1) is 8.92. The standard InChI is InChI=1S/C16H26N2O/c1-5-18(15(19)13-17-16(2,3)4)12-11-14-9-7-6-8-10-14/h6-10,17H,5,11-13H2,1-4H3. The van der Waals surface area contributed by atoms with E-state index in [9.17, 15) is 4.79 Å². The zero-order valence-corrected chi connectivity index (χ0v) is 12.6. The van der Waals surface area contributed by atoms with Gasteiger partial charge >= 0.3 is 0 Å². The number of hydrogen-bond acceptors (Lipinski definition) is 2. The lowest BCUT2D eigenvalue weighted by atomic mass is 10.1. The maximum Gasteiger partial charge on any atom is 0.236 e. The average Bonchev–Trinajstić information content (AvgIpc) is 2.37. The third-order valence-electron chi connectivity index (χ3n) is 3.02. The summed E-state index contributed by atoms with van der Waals surface area (Å²) in [5, 5.41) is 3.24. The molecule has 1 aromatic rings. The van der Waals surface area contributed by atoms with E-state index in [4.69, 9.17) is 0 Å². The summed E-state index contributed by atoms with van der Waals surface area (Å²) in [7, 11) is 0. The summed E-state index contributed by atoms with van der Waals surface area (Å²) >= 11 is 0. The normalized spacial score (nSPS) is 11.4. The van der Waals surface area contributed by atoms with Gasteiger partial charge in [0.2, 0.25) is 5.91 Å². The Morgan fingerprint density at radius 3 is 2.37 bits per heavy atom. The van der Waals surface area contributed by atoms with Gasteiger partial charge in [0.15, 0.2) is 0 Å². The Bertz CT molecular complexity index is 381. The van der Waals surface area contributed by atoms with Crippen LogP contribution in [0.3, 0.4) is 0 Å². The Labute approximate surface area is 117 Å². The average molecular weight is 262 g/mol. The number of nitrogens with one attached hydrogen (secondary N) is 1. The fraction of sp³-hybridized carbons (Fsp3) is 0.562. The molecule has 0 aliphatic rings. The van der Waals surface area contributed by atoms with Crippen LogP contribution in [0.15, 0.2) is 30.3 Å². The molecule has 3 nitrogen and oxygen atoms in total. The SMILES string of the molecule is CCN(CCc1ccccc1)C(=O)CNC(C)(C)C. The van der Waals surface area contributed by atoms with Crippen molar-refractivity contribution in [2.24, 2.45) is 0 Å². The van der Waals surface area contributed by atoms with Gasteiger partial charge in [0.25, 0.3) is 0 Å². The van der Waals surface area contributed by atoms with Crippen LogP contribution >= 0.6 is 0 Å². The van der Waals surface area contributed by atoms with Crippen LogP contribution in [0.5, 0.6) is 0 Å². The van der Waals surface area contributed by atoms with E-state index in [1.54, 1.807) is 0 Å². The number of benzene rings is 1. The number of carbonyl (C=O) groups excluding carboxylic acids is 1. The molecule has 1 rings (SSSR count). The van der Waals surface area contributed by atoms with E-state index in [1.165, 1.54) is 5.56 Å². The maximum atomic E-state index is 12.1. The fourth-order valence-electron chi connectivity index (χ4n) is 1.82. The van der Waals surface area contributed by atoms with E-state index in [0.29, 0.717) is 6.54 Å². The second-order valence-corrected chi connectivity index (χ2v) is 5.81. The molecule has 0 saturated heterocycles. The van der Waals surface area contributed by atoms with Crippen LogP contribution in [0.1, 0.15) is 33.3 Å². The summed E-state index contributed by atoms with van der Waals surface area (Å²) in [5.74, 6) is 0.174. The zero-order valence-electron chi connectivity index (χ0n) is 12.6. The van der Waals surface area contributed by atoms with Crippen molar-refractivity contribution in [2.75, 3.05) is 19.6 Å². The molecule has 0 radical (unpaired) electrons. The molecule has 0 fully saturated rings. The van der Waals surface area contributed by atoms with Crippen LogP contribution < -0.4 is 5.32 Å². The summed E-state index contributed by atoms with van der Waals surface area (Å²) in [4.78, 5) is 14.0. The Balaban J connectivity index is 2.42. The molecule has 0 saturated carbocycles. The van der Waals surface area contributed by atoms with Gasteiger partial charge in [0, 0.05) is 18.6 Å². The van der Waals surface area contributed by atoms with Gasteiger partial charge < -0.3 is 10.2 Å². The zero-order chi connectivity index (χ0) is 14.3. The van der Waals surface area contributed by atoms with Crippen LogP contribution in [0, 0.1) is 0 Å². The molecule has 3 heteroatoms. The molecule has 0 aliphatic heterocycles. The van der Waals surface area contributed by atoms with Gasteiger partial charge in [-0.05, 0) is 39.7 Å². The predicted octanol–water partition coefficient (Wildman–Crippen LogP) is 2.47. The lowest BCUT2D eigenvalue weighted by Gasteiger charge is -2.25. The number of rotatable bonds is 6. The molecule has 0 atom stereocenters. The Morgan fingerprint density at radius 2 is 1.84 bits per heavy atom. The highest BCUT2D eigenvalue weighted by Gasteiger charge is 2.15. The fourth-order valence-corrected chi connectivity index (χ4v) is 1.82. The van der Waals surface area contributed by atoms with Gasteiger partial charge in [0.05, 0.1) is 6.54 Å². The van der Waals surface area contributed by atoms with Crippen molar-refractivity contribution in [1.29, 1.82) is 0 Å². The van der Waals surface area contributed by atoms with E-state index >= 15 is 0 Å². The molecule has 0 spiro atoms. The lowest BCUT2D eigenvalue weighted by Crippen LogP contribution is -2.45. The number of nitrogens with zero attached hydrogens (tertiary/aromatic N) is 1. The highest BCUT2D eigenvalue weighted by Crippen LogP contribution is 2.03. The number of hydrogen-bond donors (Lipinski definition) is 1. The summed E-state index contributed by atoms with van der Waals surface area (Å²) < 4.78 is 0. The molecule has 1 N–H and O–H groups in total. The summed E-state index contributed by atoms with van der Waals surface area (Å²) in [6.45, 7) is 10.2. The molecule has 1 amide bonds. The van der Waals surface area contributed by atoms with Crippen molar-refractivity contribution in [3.05, 3.63) is 35.9 Å². The summed E-state index contributed by atoms with van der Waals surface area (Å²) in [6, 6.07) is 10.3. The highest BCUT2D eigenvalue weighted by molar-refractivity contribution is 5.78. The highest BCUT2D eigenvalue weighted by atomic mass is 16.2. The Kier molecular flexibility index (Phi) is 6.03. The van der Waals surface area contributed by atoms with E-state index in [0.717, 1.165) is 19.5 Å². The second-order valence-electron chi connectivity index (χ2n) is 5.81. The largest absolute Gasteiger partial charge is 0.342 e. The molecule has 0 heterocycles. The summed E-state index contributed by atoms with van der Waals surface area (Å²) in [6.07, 6.45) is 0.913. The second kappa shape index (κ2) is 7.29. The van der Waals surface area contributed by atoms with Crippen LogP contribution in [-0.4, -0.2) is 36.0 Å². The molecule has 19 heavy (non-hydrogen) atoms. The molecular formula is C16H26N2O. The maximum absolute atomic E-state index is 12.1. The van der Waals surface area contributed by atoms with Crippen LogP contribution in [0.2, 0.25) is 0 Å². The van der Waals surface area contributed by atoms with Crippen LogP contribution in [0.4, 0.5) is 0 Å². The number of carbonyl (C=O) groups is 1. The van der Waals surface area contributed by atoms with Crippen molar-refractivity contribution in [3.63, 3.8) is 0 Å². The molecular weight excluding hydrogens is 236 g/mol. The predicted molar refractivity (Wildman–Crippen MR) is 80.2 cm³/mol. The van der Waals surface area contributed by atoms with Crippen molar-refractivity contribution in [2.45, 2.75) is 39.7 Å². The van der Waals surface area contributed by atoms with Gasteiger partial charge in [0.1, 0.15) is 0 Å². The molecule has 0 aromatic heterocycles. The van der Waals surface area contributed by atoms with E-state index in [-0.39, 0.29) is 11.4 Å². The monoisotopic (exact) mass is 262 g/mol. The van der Waals surface area contributed by atoms with Crippen LogP contribution in [-0.2, 0) is 11.2 Å². The van der Waals surface area contributed by atoms with Gasteiger partial charge in [-0.2, -0.15) is 0 Å². The molecule has 1 aromatic carbocycles. The Hall–Kier alpha value is -1.35. The van der Waals surface area contributed by atoms with Crippen molar-refractivity contribution in [3.8, 4) is 0 Å². The minimum Gasteiger partial charge on any atom is -0.342 e. The van der Waals surface area contributed by atoms with Gasteiger partial charge in [-0.1, -0.05) is 30.3 Å². The minimum atomic E-state index is -0.0193. The van der Waals surface area contributed by atoms with Crippen LogP contribution in [0.25, 0.3) is 0 Å². The third-order valence-corrected chi connectivity index (χ3v) is 3.02. The van der Waals surface area contributed by atoms with Gasteiger partial charge in [-0.25, -0.2) is 0 Å². The molecule has 0 aliphatic carbocycles. The van der Waals surface area contributed by atoms with Gasteiger partial charge in [-0.15, -0.1) is 0 Å². The first kappa shape index (κ1) is 15.7. The quantitative estimate of drug-likeness (QED) is 0.854. The number of likely N-dealkylation sites (N-methyl/N-ethyl adjacent to an activating group) is 1.